The molecule has 10 nitrogen and oxygen atoms in total. The van der Waals surface area contributed by atoms with Crippen LogP contribution in [0, 0.1) is 0 Å². The second kappa shape index (κ2) is 12.1. The first-order valence-corrected chi connectivity index (χ1v) is 16.8. The maximum atomic E-state index is 13.0. The molecule has 1 aliphatic rings. The summed E-state index contributed by atoms with van der Waals surface area (Å²) in [5.74, 6) is -1.55. The van der Waals surface area contributed by atoms with Crippen LogP contribution in [0.4, 0.5) is 0 Å². The second-order valence-corrected chi connectivity index (χ2v) is 13.3. The molecular formula is C22H26N3O7S5+. The first kappa shape index (κ1) is 29.4. The highest BCUT2D eigenvalue weighted by atomic mass is 32.2. The number of likely N-dealkylation sites (N-methyl/N-ethyl adjacent to an activating group) is 1. The molecule has 1 aliphatic heterocycles. The quantitative estimate of drug-likeness (QED) is 0.235. The number of fused-ring (bicyclic) bond motifs is 1. The van der Waals surface area contributed by atoms with Crippen LogP contribution in [0.5, 0.6) is 0 Å². The molecule has 1 amide bonds. The van der Waals surface area contributed by atoms with Gasteiger partial charge in [0.2, 0.25) is 5.52 Å². The summed E-state index contributed by atoms with van der Waals surface area (Å²) in [6, 6.07) is 7.21. The van der Waals surface area contributed by atoms with Crippen LogP contribution >= 0.6 is 34.9 Å². The molecule has 2 aromatic rings. The fourth-order valence-electron chi connectivity index (χ4n) is 3.44. The third kappa shape index (κ3) is 7.92. The maximum Gasteiger partial charge on any atom is 0.326 e. The van der Waals surface area contributed by atoms with Crippen molar-refractivity contribution in [3.8, 4) is 0 Å². The van der Waals surface area contributed by atoms with Gasteiger partial charge >= 0.3 is 10.1 Å². The number of hydrogen-bond donors (Lipinski definition) is 2. The molecule has 0 saturated carbocycles. The van der Waals surface area contributed by atoms with Crippen LogP contribution in [0.25, 0.3) is 16.3 Å². The Morgan fingerprint density at radius 2 is 1.89 bits per heavy atom. The average molecular weight is 605 g/mol. The monoisotopic (exact) mass is 604 g/mol. The van der Waals surface area contributed by atoms with E-state index in [-0.39, 0.29) is 5.91 Å². The lowest BCUT2D eigenvalue weighted by molar-refractivity contribution is -0.649. The number of thiazole rings is 1. The van der Waals surface area contributed by atoms with Crippen LogP contribution in [-0.2, 0) is 30.9 Å². The Balaban J connectivity index is 1.89. The van der Waals surface area contributed by atoms with Crippen LogP contribution in [0.15, 0.2) is 63.7 Å². The number of rotatable bonds is 10. The Bertz CT molecular complexity index is 1520. The highest BCUT2D eigenvalue weighted by Gasteiger charge is 2.26. The van der Waals surface area contributed by atoms with E-state index in [2.05, 4.69) is 0 Å². The molecule has 37 heavy (non-hydrogen) atoms. The number of carbonyl (C=O) groups is 1. The molecule has 3 rings (SSSR count). The molecule has 0 atom stereocenters. The molecule has 1 aromatic carbocycles. The van der Waals surface area contributed by atoms with E-state index in [0.29, 0.717) is 32.8 Å². The number of thioether (sulfide) groups is 2. The third-order valence-corrected chi connectivity index (χ3v) is 9.14. The Kier molecular flexibility index (Phi) is 9.66. The fraction of sp³-hybridized carbons (Fsp3) is 0.273. The van der Waals surface area contributed by atoms with Crippen LogP contribution < -0.4 is 4.57 Å². The van der Waals surface area contributed by atoms with Gasteiger partial charge in [0.05, 0.1) is 16.1 Å². The zero-order chi connectivity index (χ0) is 27.4. The number of carbonyl (C=O) groups excluding carboxylic acids is 1. The summed E-state index contributed by atoms with van der Waals surface area (Å²) in [4.78, 5) is 16.0. The Morgan fingerprint density at radius 3 is 2.51 bits per heavy atom. The Hall–Kier alpha value is -2.14. The molecule has 15 heteroatoms. The van der Waals surface area contributed by atoms with Crippen molar-refractivity contribution in [2.45, 2.75) is 19.7 Å². The van der Waals surface area contributed by atoms with Gasteiger partial charge in [0.15, 0.2) is 5.88 Å². The van der Waals surface area contributed by atoms with E-state index < -0.39 is 32.0 Å². The Labute approximate surface area is 228 Å². The van der Waals surface area contributed by atoms with Crippen LogP contribution in [0.3, 0.4) is 0 Å². The van der Waals surface area contributed by atoms with Crippen LogP contribution in [-0.4, -0.2) is 60.3 Å². The van der Waals surface area contributed by atoms with Gasteiger partial charge in [-0.25, -0.2) is 0 Å². The minimum absolute atomic E-state index is 0.333. The van der Waals surface area contributed by atoms with Crippen molar-refractivity contribution >= 4 is 77.3 Å². The van der Waals surface area contributed by atoms with Crippen LogP contribution in [0.2, 0.25) is 0 Å². The molecule has 0 saturated heterocycles. The number of para-hydroxylation sites is 1. The average Bonchev–Trinajstić information content (AvgIpc) is 3.31. The van der Waals surface area contributed by atoms with Gasteiger partial charge in [0.1, 0.15) is 4.70 Å². The summed E-state index contributed by atoms with van der Waals surface area (Å²) >= 11 is 3.92. The molecular weight excluding hydrogens is 579 g/mol. The highest BCUT2D eigenvalue weighted by molar-refractivity contribution is 8.06. The number of amides is 1. The molecule has 0 unspecified atom stereocenters. The molecule has 0 aliphatic carbocycles. The molecule has 200 valence electrons. The van der Waals surface area contributed by atoms with E-state index in [4.69, 9.17) is 0 Å². The van der Waals surface area contributed by atoms with E-state index in [1.807, 2.05) is 12.1 Å². The lowest BCUT2D eigenvalue weighted by Crippen LogP contribution is -2.39. The van der Waals surface area contributed by atoms with Gasteiger partial charge in [-0.1, -0.05) is 41.3 Å². The minimum atomic E-state index is -4.31. The molecule has 0 bridgehead atoms. The largest absolute Gasteiger partial charge is 0.326 e. The summed E-state index contributed by atoms with van der Waals surface area (Å²) in [6.45, 7) is 3.85. The summed E-state index contributed by atoms with van der Waals surface area (Å²) in [5.41, 5.74) is 1.29. The van der Waals surface area contributed by atoms with Gasteiger partial charge in [-0.05, 0) is 37.7 Å². The van der Waals surface area contributed by atoms with E-state index in [0.717, 1.165) is 4.70 Å². The maximum absolute atomic E-state index is 13.0. The lowest BCUT2D eigenvalue weighted by Gasteiger charge is -2.21. The fourth-order valence-corrected chi connectivity index (χ4v) is 7.63. The number of hydrogen-bond acceptors (Lipinski definition) is 9. The smallest absolute Gasteiger partial charge is 0.322 e. The normalized spacial score (nSPS) is 16.2. The van der Waals surface area contributed by atoms with E-state index in [9.17, 15) is 30.7 Å². The first-order valence-electron chi connectivity index (χ1n) is 10.7. The number of benzene rings is 1. The highest BCUT2D eigenvalue weighted by Crippen LogP contribution is 2.34. The predicted molar refractivity (Wildman–Crippen MR) is 149 cm³/mol. The first-order chi connectivity index (χ1) is 17.3. The van der Waals surface area contributed by atoms with Gasteiger partial charge in [-0.3, -0.25) is 13.9 Å². The summed E-state index contributed by atoms with van der Waals surface area (Å²) in [5, 5.41) is 3.40. The van der Waals surface area contributed by atoms with Crippen molar-refractivity contribution in [1.29, 1.82) is 0 Å². The van der Waals surface area contributed by atoms with Gasteiger partial charge in [0.25, 0.3) is 26.9 Å². The summed E-state index contributed by atoms with van der Waals surface area (Å²) in [6.07, 6.45) is 7.94. The number of nitrogens with zero attached hydrogens (tertiary/aromatic N) is 3. The lowest BCUT2D eigenvalue weighted by atomic mass is 10.3. The van der Waals surface area contributed by atoms with E-state index in [1.54, 1.807) is 49.8 Å². The van der Waals surface area contributed by atoms with Crippen molar-refractivity contribution in [2.24, 2.45) is 0 Å². The van der Waals surface area contributed by atoms with Crippen LogP contribution in [0.1, 0.15) is 18.9 Å². The van der Waals surface area contributed by atoms with E-state index in [1.165, 1.54) is 61.4 Å². The topological polar surface area (TPSA) is 136 Å². The third-order valence-electron chi connectivity index (χ3n) is 5.05. The van der Waals surface area contributed by atoms with E-state index >= 15 is 0 Å². The molecule has 0 fully saturated rings. The number of aromatic nitrogens is 1. The van der Waals surface area contributed by atoms with Gasteiger partial charge < -0.3 is 9.80 Å². The predicted octanol–water partition coefficient (Wildman–Crippen LogP) is 3.70. The standard InChI is InChI=1S/C22H25N3O7S5/c1-4-23(19(26)10-7-11-20-24(14-36(27,28)29)16(2)13-34-20)21(33-3)12-22-25(15-37(30,31)32)17-8-5-6-9-18(17)35-22/h5-13H,4,14-15H2,1-3H3,(H-,27,28,29,30,31,32)/p+1. The molecule has 2 heterocycles. The second-order valence-electron chi connectivity index (χ2n) is 7.70. The number of allylic oxidation sites excluding steroid dienone is 3. The van der Waals surface area contributed by atoms with Gasteiger partial charge in [-0.2, -0.15) is 21.4 Å². The van der Waals surface area contributed by atoms with Crippen molar-refractivity contribution in [3.63, 3.8) is 0 Å². The minimum Gasteiger partial charge on any atom is -0.322 e. The van der Waals surface area contributed by atoms with Crippen molar-refractivity contribution in [2.75, 3.05) is 18.7 Å². The van der Waals surface area contributed by atoms with Crippen molar-refractivity contribution in [3.05, 3.63) is 68.7 Å². The molecule has 0 radical (unpaired) electrons. The molecule has 0 spiro atoms. The summed E-state index contributed by atoms with van der Waals surface area (Å²) in [7, 11) is -8.55. The SMILES string of the molecule is CCN(C(=O)C=CC=C1SC=C(C)N1CS(=O)(=O)O)C(=Cc1sc2ccccc2[n+]1CS(=O)(=O)O)SC. The van der Waals surface area contributed by atoms with Gasteiger partial charge in [0, 0.05) is 24.4 Å². The van der Waals surface area contributed by atoms with Crippen molar-refractivity contribution < 1.29 is 35.3 Å². The Morgan fingerprint density at radius 1 is 1.19 bits per heavy atom. The van der Waals surface area contributed by atoms with Gasteiger partial charge in [-0.15, -0.1) is 11.8 Å². The molecule has 1 aromatic heterocycles. The summed E-state index contributed by atoms with van der Waals surface area (Å²) < 4.78 is 67.0. The zero-order valence-corrected chi connectivity index (χ0v) is 24.2. The zero-order valence-electron chi connectivity index (χ0n) is 20.1. The molecule has 2 N–H and O–H groups in total. The van der Waals surface area contributed by atoms with Crippen molar-refractivity contribution in [1.82, 2.24) is 9.80 Å².